The van der Waals surface area contributed by atoms with Gasteiger partial charge in [0.05, 0.1) is 10.8 Å². The summed E-state index contributed by atoms with van der Waals surface area (Å²) in [5, 5.41) is 5.65. The lowest BCUT2D eigenvalue weighted by molar-refractivity contribution is -0.140. The molecule has 1 heterocycles. The Balaban J connectivity index is 1.48. The van der Waals surface area contributed by atoms with Crippen LogP contribution in [0, 0.1) is 5.82 Å². The number of carbonyl (C=O) groups excluding carboxylic acids is 1. The lowest BCUT2D eigenvalue weighted by atomic mass is 9.90. The highest BCUT2D eigenvalue weighted by atomic mass is 32.2. The van der Waals surface area contributed by atoms with Crippen molar-refractivity contribution in [2.75, 3.05) is 10.0 Å². The fourth-order valence-corrected chi connectivity index (χ4v) is 5.10. The van der Waals surface area contributed by atoms with E-state index < -0.39 is 38.9 Å². The second-order valence-electron chi connectivity index (χ2n) is 9.67. The summed E-state index contributed by atoms with van der Waals surface area (Å²) in [5.41, 5.74) is -0.379. The molecule has 1 amide bonds. The smallest absolute Gasteiger partial charge is 0.382 e. The van der Waals surface area contributed by atoms with E-state index in [0.29, 0.717) is 25.7 Å². The third-order valence-corrected chi connectivity index (χ3v) is 8.20. The molecular formula is C26H28F4N4O3S. The minimum Gasteiger partial charge on any atom is -0.382 e. The average Bonchev–Trinajstić information content (AvgIpc) is 2.83. The van der Waals surface area contributed by atoms with E-state index >= 15 is 0 Å². The molecular weight excluding hydrogens is 524 g/mol. The molecule has 1 saturated carbocycles. The second-order valence-corrected chi connectivity index (χ2v) is 11.9. The van der Waals surface area contributed by atoms with Crippen LogP contribution < -0.4 is 15.4 Å². The molecule has 3 aromatic rings. The third-order valence-electron chi connectivity index (χ3n) is 6.44. The zero-order chi connectivity index (χ0) is 27.7. The van der Waals surface area contributed by atoms with Crippen molar-refractivity contribution >= 4 is 38.2 Å². The van der Waals surface area contributed by atoms with E-state index in [2.05, 4.69) is 20.3 Å². The van der Waals surface area contributed by atoms with Gasteiger partial charge in [0.15, 0.2) is 0 Å². The number of halogens is 4. The Morgan fingerprint density at radius 2 is 1.79 bits per heavy atom. The normalized spacial score (nSPS) is 18.4. The van der Waals surface area contributed by atoms with Crippen LogP contribution in [0.2, 0.25) is 0 Å². The van der Waals surface area contributed by atoms with Crippen molar-refractivity contribution in [1.82, 2.24) is 10.3 Å². The Labute approximate surface area is 218 Å². The number of fused-ring (bicyclic) bond motifs is 1. The number of hydrogen-bond acceptors (Lipinski definition) is 5. The van der Waals surface area contributed by atoms with Gasteiger partial charge in [0.25, 0.3) is 5.91 Å². The van der Waals surface area contributed by atoms with Gasteiger partial charge in [-0.1, -0.05) is 6.07 Å². The van der Waals surface area contributed by atoms with Gasteiger partial charge >= 0.3 is 6.18 Å². The maximum Gasteiger partial charge on any atom is 0.433 e. The molecule has 1 aliphatic carbocycles. The first-order chi connectivity index (χ1) is 17.8. The molecule has 0 aliphatic heterocycles. The molecule has 2 aromatic carbocycles. The molecule has 38 heavy (non-hydrogen) atoms. The fraction of sp³-hybridized carbons (Fsp3) is 0.385. The van der Waals surface area contributed by atoms with Crippen LogP contribution in [0.4, 0.5) is 28.9 Å². The summed E-state index contributed by atoms with van der Waals surface area (Å²) in [7, 11) is -3.58. The molecule has 3 N–H and O–H groups in total. The molecule has 0 unspecified atom stereocenters. The maximum absolute atomic E-state index is 13.9. The number of aromatic nitrogens is 1. The van der Waals surface area contributed by atoms with Crippen molar-refractivity contribution in [3.8, 4) is 0 Å². The van der Waals surface area contributed by atoms with Gasteiger partial charge < -0.3 is 10.6 Å². The number of benzene rings is 2. The first-order valence-corrected chi connectivity index (χ1v) is 13.7. The maximum atomic E-state index is 13.9. The highest BCUT2D eigenvalue weighted by molar-refractivity contribution is 7.93. The highest BCUT2D eigenvalue weighted by Gasteiger charge is 2.34. The van der Waals surface area contributed by atoms with Gasteiger partial charge in [0.1, 0.15) is 11.5 Å². The lowest BCUT2D eigenvalue weighted by Crippen LogP contribution is -2.41. The van der Waals surface area contributed by atoms with Crippen LogP contribution in [-0.2, 0) is 16.2 Å². The van der Waals surface area contributed by atoms with Crippen LogP contribution in [0.25, 0.3) is 10.9 Å². The van der Waals surface area contributed by atoms with Crippen LogP contribution in [0.15, 0.2) is 48.5 Å². The van der Waals surface area contributed by atoms with Crippen molar-refractivity contribution in [3.63, 3.8) is 0 Å². The predicted molar refractivity (Wildman–Crippen MR) is 138 cm³/mol. The van der Waals surface area contributed by atoms with Gasteiger partial charge in [-0.05, 0) is 82.0 Å². The zero-order valence-corrected chi connectivity index (χ0v) is 21.6. The minimum absolute atomic E-state index is 0.0253. The summed E-state index contributed by atoms with van der Waals surface area (Å²) >= 11 is 0. The monoisotopic (exact) mass is 552 g/mol. The SMILES string of the molecule is CC(C)S(=O)(=O)Nc1cccc(C(=O)N[C@@H]2CCC[C@H](Nc3cc(C(F)(F)F)nc4ccc(F)cc34)C2)c1. The van der Waals surface area contributed by atoms with Gasteiger partial charge in [-0.3, -0.25) is 9.52 Å². The van der Waals surface area contributed by atoms with Crippen LogP contribution in [0.1, 0.15) is 55.6 Å². The Morgan fingerprint density at radius 3 is 2.50 bits per heavy atom. The predicted octanol–water partition coefficient (Wildman–Crippen LogP) is 5.70. The molecule has 1 aliphatic rings. The van der Waals surface area contributed by atoms with Crippen molar-refractivity contribution in [2.24, 2.45) is 0 Å². The van der Waals surface area contributed by atoms with Gasteiger partial charge in [-0.25, -0.2) is 17.8 Å². The van der Waals surface area contributed by atoms with E-state index in [1.807, 2.05) is 0 Å². The van der Waals surface area contributed by atoms with E-state index in [0.717, 1.165) is 18.2 Å². The summed E-state index contributed by atoms with van der Waals surface area (Å²) < 4.78 is 80.9. The Hall–Kier alpha value is -3.41. The largest absolute Gasteiger partial charge is 0.433 e. The Kier molecular flexibility index (Phi) is 7.82. The summed E-state index contributed by atoms with van der Waals surface area (Å²) in [4.78, 5) is 16.5. The van der Waals surface area contributed by atoms with Gasteiger partial charge in [-0.2, -0.15) is 13.2 Å². The molecule has 1 aromatic heterocycles. The van der Waals surface area contributed by atoms with Crippen molar-refractivity contribution in [3.05, 3.63) is 65.6 Å². The minimum atomic E-state index is -4.67. The zero-order valence-electron chi connectivity index (χ0n) is 20.8. The summed E-state index contributed by atoms with van der Waals surface area (Å²) in [6.45, 7) is 3.09. The highest BCUT2D eigenvalue weighted by Crippen LogP contribution is 2.34. The number of rotatable bonds is 7. The van der Waals surface area contributed by atoms with Crippen molar-refractivity contribution in [1.29, 1.82) is 0 Å². The lowest BCUT2D eigenvalue weighted by Gasteiger charge is -2.31. The first kappa shape index (κ1) is 27.6. The standard InChI is InChI=1S/C26H28F4N4O3S/c1-15(2)38(36,37)34-20-8-3-5-16(11-20)25(35)32-19-7-4-6-18(13-19)31-23-14-24(26(28,29)30)33-22-10-9-17(27)12-21(22)23/h3,5,8-12,14-15,18-19,34H,4,6-7,13H2,1-2H3,(H,31,33)(H,32,35)/t18-,19+/m0/s1. The van der Waals surface area contributed by atoms with Gasteiger partial charge in [-0.15, -0.1) is 0 Å². The van der Waals surface area contributed by atoms with Crippen molar-refractivity contribution < 1.29 is 30.8 Å². The number of nitrogens with one attached hydrogen (secondary N) is 3. The van der Waals surface area contributed by atoms with Crippen LogP contribution in [-0.4, -0.2) is 36.6 Å². The second kappa shape index (κ2) is 10.8. The molecule has 2 atom stereocenters. The summed E-state index contributed by atoms with van der Waals surface area (Å²) in [6, 6.07) is 9.91. The number of anilines is 2. The molecule has 0 radical (unpaired) electrons. The van der Waals surface area contributed by atoms with E-state index in [-0.39, 0.29) is 39.9 Å². The Morgan fingerprint density at radius 1 is 1.05 bits per heavy atom. The number of pyridine rings is 1. The van der Waals surface area contributed by atoms with Crippen LogP contribution >= 0.6 is 0 Å². The van der Waals surface area contributed by atoms with E-state index in [4.69, 9.17) is 0 Å². The van der Waals surface area contributed by atoms with E-state index in [9.17, 15) is 30.8 Å². The number of alkyl halides is 3. The number of amides is 1. The molecule has 7 nitrogen and oxygen atoms in total. The van der Waals surface area contributed by atoms with E-state index in [1.54, 1.807) is 32.0 Å². The molecule has 0 spiro atoms. The molecule has 12 heteroatoms. The number of hydrogen-bond donors (Lipinski definition) is 3. The molecule has 4 rings (SSSR count). The number of sulfonamides is 1. The topological polar surface area (TPSA) is 100 Å². The third kappa shape index (κ3) is 6.53. The summed E-state index contributed by atoms with van der Waals surface area (Å²) in [6.07, 6.45) is -2.20. The van der Waals surface area contributed by atoms with Gasteiger partial charge in [0.2, 0.25) is 10.0 Å². The quantitative estimate of drug-likeness (QED) is 0.327. The molecule has 1 fully saturated rings. The van der Waals surface area contributed by atoms with Crippen LogP contribution in [0.3, 0.4) is 0 Å². The summed E-state index contributed by atoms with van der Waals surface area (Å²) in [5.74, 6) is -0.981. The average molecular weight is 553 g/mol. The Bertz CT molecular complexity index is 1440. The van der Waals surface area contributed by atoms with Crippen LogP contribution in [0.5, 0.6) is 0 Å². The van der Waals surface area contributed by atoms with Crippen molar-refractivity contribution in [2.45, 2.75) is 63.0 Å². The fourth-order valence-electron chi connectivity index (χ4n) is 4.41. The van der Waals surface area contributed by atoms with E-state index in [1.165, 1.54) is 12.1 Å². The molecule has 204 valence electrons. The van der Waals surface area contributed by atoms with Gasteiger partial charge in [0, 0.05) is 34.4 Å². The number of nitrogens with zero attached hydrogens (tertiary/aromatic N) is 1. The number of carbonyl (C=O) groups is 1. The molecule has 0 bridgehead atoms. The molecule has 0 saturated heterocycles. The first-order valence-electron chi connectivity index (χ1n) is 12.2.